The van der Waals surface area contributed by atoms with Crippen molar-refractivity contribution in [2.75, 3.05) is 6.54 Å². The molecule has 1 aromatic heterocycles. The van der Waals surface area contributed by atoms with Crippen molar-refractivity contribution in [2.24, 2.45) is 11.0 Å². The summed E-state index contributed by atoms with van der Waals surface area (Å²) in [7, 11) is 0. The van der Waals surface area contributed by atoms with Crippen molar-refractivity contribution < 1.29 is 18.0 Å². The van der Waals surface area contributed by atoms with Crippen molar-refractivity contribution >= 4 is 23.7 Å². The summed E-state index contributed by atoms with van der Waals surface area (Å²) >= 11 is 5.93. The number of amides is 1. The molecule has 1 saturated heterocycles. The van der Waals surface area contributed by atoms with Gasteiger partial charge in [-0.2, -0.15) is 23.4 Å². The summed E-state index contributed by atoms with van der Waals surface area (Å²) in [6.07, 6.45) is -1.17. The van der Waals surface area contributed by atoms with Crippen molar-refractivity contribution in [3.05, 3.63) is 52.3 Å². The van der Waals surface area contributed by atoms with Crippen LogP contribution in [-0.4, -0.2) is 28.4 Å². The molecule has 1 saturated carbocycles. The highest BCUT2D eigenvalue weighted by atomic mass is 35.5. The third kappa shape index (κ3) is 5.44. The Morgan fingerprint density at radius 1 is 1.32 bits per heavy atom. The first-order chi connectivity index (χ1) is 14.8. The monoisotopic (exact) mass is 454 g/mol. The van der Waals surface area contributed by atoms with Crippen LogP contribution < -0.4 is 16.3 Å². The number of nitrogens with zero attached hydrogens (tertiary/aromatic N) is 3. The first-order valence-corrected chi connectivity index (χ1v) is 10.4. The zero-order valence-electron chi connectivity index (χ0n) is 16.5. The van der Waals surface area contributed by atoms with Gasteiger partial charge in [0, 0.05) is 41.7 Å². The molecule has 1 amide bonds. The molecular formula is C20H22ClF3N6O. The maximum absolute atomic E-state index is 13.0. The molecule has 2 aromatic rings. The van der Waals surface area contributed by atoms with Gasteiger partial charge in [0.05, 0.1) is 12.6 Å². The predicted molar refractivity (Wildman–Crippen MR) is 109 cm³/mol. The molecule has 11 heteroatoms. The van der Waals surface area contributed by atoms with Gasteiger partial charge in [0.25, 0.3) is 0 Å². The fourth-order valence-corrected chi connectivity index (χ4v) is 3.70. The second-order valence-corrected chi connectivity index (χ2v) is 8.17. The molecule has 31 heavy (non-hydrogen) atoms. The lowest BCUT2D eigenvalue weighted by atomic mass is 9.96. The van der Waals surface area contributed by atoms with Crippen molar-refractivity contribution in [1.29, 1.82) is 0 Å². The summed E-state index contributed by atoms with van der Waals surface area (Å²) in [6, 6.07) is 8.52. The number of carbonyl (C=O) groups excluding carboxylic acids is 1. The van der Waals surface area contributed by atoms with Gasteiger partial charge in [0.15, 0.2) is 5.69 Å². The zero-order valence-corrected chi connectivity index (χ0v) is 17.2. The molecule has 1 aliphatic heterocycles. The first kappa shape index (κ1) is 21.8. The Morgan fingerprint density at radius 2 is 2.06 bits per heavy atom. The van der Waals surface area contributed by atoms with Gasteiger partial charge in [-0.3, -0.25) is 14.9 Å². The summed E-state index contributed by atoms with van der Waals surface area (Å²) in [5.74, 6) is -0.288. The van der Waals surface area contributed by atoms with Crippen molar-refractivity contribution in [2.45, 2.75) is 43.9 Å². The van der Waals surface area contributed by atoms with E-state index in [1.807, 2.05) is 24.3 Å². The number of alkyl halides is 3. The highest BCUT2D eigenvalue weighted by Crippen LogP contribution is 2.42. The molecule has 2 atom stereocenters. The number of halogens is 4. The normalized spacial score (nSPS) is 21.7. The lowest BCUT2D eigenvalue weighted by Crippen LogP contribution is -2.25. The van der Waals surface area contributed by atoms with E-state index in [2.05, 4.69) is 26.5 Å². The first-order valence-electron chi connectivity index (χ1n) is 10.0. The van der Waals surface area contributed by atoms with Crippen LogP contribution in [0.5, 0.6) is 0 Å². The number of hydrazone groups is 1. The van der Waals surface area contributed by atoms with Crippen LogP contribution in [0.15, 0.2) is 35.4 Å². The standard InChI is InChI=1S/C20H22ClF3N6O/c21-15-5-3-13(4-6-15)19-14(11-26-28-19)10-25-27-18(31)7-8-30-16(12-1-2-12)9-17(29-30)20(22,23)24/h3-6,9-10,12,14,19,26,28H,1-2,7-8,11H2,(H,27,31)/b25-10+. The van der Waals surface area contributed by atoms with E-state index in [0.717, 1.165) is 24.5 Å². The Kier molecular flexibility index (Phi) is 6.31. The molecular weight excluding hydrogens is 433 g/mol. The van der Waals surface area contributed by atoms with E-state index in [9.17, 15) is 18.0 Å². The Bertz CT molecular complexity index is 955. The van der Waals surface area contributed by atoms with Crippen LogP contribution in [0.25, 0.3) is 0 Å². The van der Waals surface area contributed by atoms with Gasteiger partial charge in [0.2, 0.25) is 5.91 Å². The highest BCUT2D eigenvalue weighted by molar-refractivity contribution is 6.30. The van der Waals surface area contributed by atoms with Crippen LogP contribution in [-0.2, 0) is 17.5 Å². The maximum Gasteiger partial charge on any atom is 0.435 e. The van der Waals surface area contributed by atoms with Crippen LogP contribution in [0.4, 0.5) is 13.2 Å². The van der Waals surface area contributed by atoms with Crippen LogP contribution in [0, 0.1) is 5.92 Å². The number of aromatic nitrogens is 2. The smallest absolute Gasteiger partial charge is 0.273 e. The summed E-state index contributed by atoms with van der Waals surface area (Å²) in [4.78, 5) is 12.1. The van der Waals surface area contributed by atoms with Crippen LogP contribution in [0.2, 0.25) is 5.02 Å². The number of nitrogens with one attached hydrogen (secondary N) is 3. The largest absolute Gasteiger partial charge is 0.435 e. The lowest BCUT2D eigenvalue weighted by Gasteiger charge is -2.15. The maximum atomic E-state index is 13.0. The van der Waals surface area contributed by atoms with Gasteiger partial charge >= 0.3 is 6.18 Å². The average Bonchev–Trinajstić information content (AvgIpc) is 3.29. The summed E-state index contributed by atoms with van der Waals surface area (Å²) in [6.45, 7) is 0.703. The molecule has 2 fully saturated rings. The fraction of sp³-hybridized carbons (Fsp3) is 0.450. The number of rotatable bonds is 7. The van der Waals surface area contributed by atoms with E-state index in [4.69, 9.17) is 11.6 Å². The van der Waals surface area contributed by atoms with E-state index in [0.29, 0.717) is 17.3 Å². The van der Waals surface area contributed by atoms with E-state index in [-0.39, 0.29) is 36.8 Å². The SMILES string of the molecule is O=C(CCn1nc(C(F)(F)F)cc1C1CC1)N/N=C/C1CNNC1c1ccc(Cl)cc1. The number of hydrazine groups is 1. The van der Waals surface area contributed by atoms with Gasteiger partial charge in [-0.05, 0) is 36.6 Å². The molecule has 0 bridgehead atoms. The minimum Gasteiger partial charge on any atom is -0.273 e. The summed E-state index contributed by atoms with van der Waals surface area (Å²) < 4.78 is 40.2. The van der Waals surface area contributed by atoms with E-state index in [1.165, 1.54) is 4.68 Å². The van der Waals surface area contributed by atoms with Crippen molar-refractivity contribution in [3.63, 3.8) is 0 Å². The Labute approximate surface area is 182 Å². The summed E-state index contributed by atoms with van der Waals surface area (Å²) in [5.41, 5.74) is 9.34. The third-order valence-electron chi connectivity index (χ3n) is 5.36. The fourth-order valence-electron chi connectivity index (χ4n) is 3.58. The Hall–Kier alpha value is -2.43. The molecule has 0 spiro atoms. The van der Waals surface area contributed by atoms with E-state index < -0.39 is 11.9 Å². The number of hydrogen-bond acceptors (Lipinski definition) is 5. The van der Waals surface area contributed by atoms with Crippen LogP contribution in [0.3, 0.4) is 0 Å². The molecule has 1 aromatic carbocycles. The molecule has 1 aliphatic carbocycles. The minimum atomic E-state index is -4.49. The van der Waals surface area contributed by atoms with E-state index >= 15 is 0 Å². The topological polar surface area (TPSA) is 83.3 Å². The molecule has 7 nitrogen and oxygen atoms in total. The quantitative estimate of drug-likeness (QED) is 0.442. The van der Waals surface area contributed by atoms with Gasteiger partial charge in [-0.15, -0.1) is 0 Å². The second kappa shape index (κ2) is 8.97. The van der Waals surface area contributed by atoms with Crippen LogP contribution in [0.1, 0.15) is 48.2 Å². The molecule has 0 radical (unpaired) electrons. The number of carbonyl (C=O) groups is 1. The number of hydrogen-bond donors (Lipinski definition) is 3. The van der Waals surface area contributed by atoms with Crippen molar-refractivity contribution in [1.82, 2.24) is 26.1 Å². The Morgan fingerprint density at radius 3 is 2.74 bits per heavy atom. The lowest BCUT2D eigenvalue weighted by molar-refractivity contribution is -0.141. The van der Waals surface area contributed by atoms with Crippen molar-refractivity contribution in [3.8, 4) is 0 Å². The second-order valence-electron chi connectivity index (χ2n) is 7.73. The third-order valence-corrected chi connectivity index (χ3v) is 5.61. The van der Waals surface area contributed by atoms with E-state index in [1.54, 1.807) is 6.21 Å². The highest BCUT2D eigenvalue weighted by Gasteiger charge is 2.37. The number of benzene rings is 1. The zero-order chi connectivity index (χ0) is 22.0. The van der Waals surface area contributed by atoms with Gasteiger partial charge in [-0.25, -0.2) is 10.9 Å². The Balaban J connectivity index is 1.31. The van der Waals surface area contributed by atoms with Gasteiger partial charge in [0.1, 0.15) is 0 Å². The van der Waals surface area contributed by atoms with Gasteiger partial charge < -0.3 is 0 Å². The molecule has 2 heterocycles. The molecule has 3 N–H and O–H groups in total. The minimum absolute atomic E-state index is 0.00315. The average molecular weight is 455 g/mol. The molecule has 2 unspecified atom stereocenters. The predicted octanol–water partition coefficient (Wildman–Crippen LogP) is 3.39. The van der Waals surface area contributed by atoms with Gasteiger partial charge in [-0.1, -0.05) is 23.7 Å². The van der Waals surface area contributed by atoms with Crippen LogP contribution >= 0.6 is 11.6 Å². The molecule has 166 valence electrons. The summed E-state index contributed by atoms with van der Waals surface area (Å²) in [5, 5.41) is 8.34. The molecule has 2 aliphatic rings. The molecule has 4 rings (SSSR count). The number of aryl methyl sites for hydroxylation is 1.